The van der Waals surface area contributed by atoms with Crippen LogP contribution >= 0.6 is 0 Å². The van der Waals surface area contributed by atoms with Gasteiger partial charge in [-0.1, -0.05) is 32.0 Å². The lowest BCUT2D eigenvalue weighted by atomic mass is 10.0. The van der Waals surface area contributed by atoms with Gasteiger partial charge in [-0.2, -0.15) is 0 Å². The van der Waals surface area contributed by atoms with E-state index in [9.17, 15) is 44.0 Å². The van der Waals surface area contributed by atoms with Crippen LogP contribution in [0.15, 0.2) is 59.6 Å². The number of aliphatic carboxylic acids is 1. The molecule has 264 valence electrons. The molecule has 18 heteroatoms. The molecule has 0 fully saturated rings. The summed E-state index contributed by atoms with van der Waals surface area (Å²) in [6, 6.07) is 9.57. The maximum absolute atomic E-state index is 13.2. The number of rotatable bonds is 19. The summed E-state index contributed by atoms with van der Waals surface area (Å²) < 4.78 is 0. The molecule has 3 atom stereocenters. The molecule has 2 rings (SSSR count). The van der Waals surface area contributed by atoms with E-state index in [4.69, 9.17) is 11.5 Å². The van der Waals surface area contributed by atoms with Gasteiger partial charge in [-0.15, -0.1) is 0 Å². The number of benzene rings is 2. The normalized spacial score (nSPS) is 12.4. The smallest absolute Gasteiger partial charge is 0.303 e. The van der Waals surface area contributed by atoms with Crippen molar-refractivity contribution in [3.8, 4) is 0 Å². The third-order valence-electron chi connectivity index (χ3n) is 6.92. The highest BCUT2D eigenvalue weighted by Crippen LogP contribution is 2.16. The molecule has 0 radical (unpaired) electrons. The Kier molecular flexibility index (Phi) is 15.6. The van der Waals surface area contributed by atoms with Gasteiger partial charge in [-0.25, -0.2) is 0 Å². The van der Waals surface area contributed by atoms with E-state index in [0.29, 0.717) is 5.56 Å². The summed E-state index contributed by atoms with van der Waals surface area (Å²) in [5.41, 5.74) is 11.0. The number of anilines is 1. The van der Waals surface area contributed by atoms with Gasteiger partial charge in [-0.3, -0.25) is 43.9 Å². The number of amides is 5. The Hall–Kier alpha value is -6.07. The predicted molar refractivity (Wildman–Crippen MR) is 178 cm³/mol. The fourth-order valence-electron chi connectivity index (χ4n) is 4.35. The molecular formula is C31H41N9O9. The maximum Gasteiger partial charge on any atom is 0.303 e. The monoisotopic (exact) mass is 683 g/mol. The third kappa shape index (κ3) is 14.1. The van der Waals surface area contributed by atoms with E-state index in [1.165, 1.54) is 24.3 Å². The third-order valence-corrected chi connectivity index (χ3v) is 6.92. The van der Waals surface area contributed by atoms with Gasteiger partial charge in [0.15, 0.2) is 5.96 Å². The number of hydrogen-bond donors (Lipinski definition) is 8. The van der Waals surface area contributed by atoms with Crippen molar-refractivity contribution < 1.29 is 38.8 Å². The number of hydrogen-bond acceptors (Lipinski definition) is 9. The zero-order valence-corrected chi connectivity index (χ0v) is 27.0. The number of nitro benzene ring substituents is 1. The summed E-state index contributed by atoms with van der Waals surface area (Å²) in [5, 5.41) is 32.6. The molecule has 49 heavy (non-hydrogen) atoms. The molecule has 18 nitrogen and oxygen atoms in total. The quantitative estimate of drug-likeness (QED) is 0.0320. The molecule has 0 aliphatic heterocycles. The standard InChI is InChI=1S/C31H41N9O9/c1-18(2)26(39-27(44)19-7-4-3-5-8-19)30(47)38-23(14-15-25(42)43)28(45)35-17-24(41)37-22(9-6-16-34-31(32)33)29(46)36-20-10-12-21(13-11-20)40(48)49/h3-5,7-8,10-13,18,22-23,26H,6,9,14-17H2,1-2H3,(H,35,45)(H,36,46)(H,37,41)(H,38,47)(H,39,44)(H,42,43)(H4,32,33,34)/t22-,23-,26-/m0/s1. The average molecular weight is 684 g/mol. The number of nitrogens with one attached hydrogen (secondary N) is 5. The summed E-state index contributed by atoms with van der Waals surface area (Å²) in [7, 11) is 0. The van der Waals surface area contributed by atoms with Crippen molar-refractivity contribution >= 4 is 52.8 Å². The minimum Gasteiger partial charge on any atom is -0.481 e. The molecular weight excluding hydrogens is 642 g/mol. The Bertz CT molecular complexity index is 1510. The first-order valence-electron chi connectivity index (χ1n) is 15.2. The average Bonchev–Trinajstić information content (AvgIpc) is 3.05. The van der Waals surface area contributed by atoms with E-state index in [2.05, 4.69) is 31.6 Å². The number of nitro groups is 1. The van der Waals surface area contributed by atoms with Crippen LogP contribution in [0, 0.1) is 16.0 Å². The van der Waals surface area contributed by atoms with Gasteiger partial charge in [0.05, 0.1) is 11.5 Å². The summed E-state index contributed by atoms with van der Waals surface area (Å²) in [5.74, 6) is -5.41. The number of carboxylic acid groups (broad SMARTS) is 1. The van der Waals surface area contributed by atoms with Crippen LogP contribution in [0.5, 0.6) is 0 Å². The highest BCUT2D eigenvalue weighted by molar-refractivity contribution is 5.99. The minimum atomic E-state index is -1.38. The Morgan fingerprint density at radius 3 is 2.06 bits per heavy atom. The zero-order chi connectivity index (χ0) is 36.5. The van der Waals surface area contributed by atoms with Gasteiger partial charge in [0.25, 0.3) is 11.6 Å². The molecule has 0 saturated carbocycles. The molecule has 0 spiro atoms. The van der Waals surface area contributed by atoms with Gasteiger partial charge >= 0.3 is 5.97 Å². The molecule has 0 heterocycles. The van der Waals surface area contributed by atoms with Crippen molar-refractivity contribution in [3.05, 3.63) is 70.3 Å². The van der Waals surface area contributed by atoms with E-state index >= 15 is 0 Å². The molecule has 0 unspecified atom stereocenters. The molecule has 0 aromatic heterocycles. The molecule has 5 amide bonds. The highest BCUT2D eigenvalue weighted by atomic mass is 16.6. The first kappa shape index (κ1) is 39.1. The van der Waals surface area contributed by atoms with Crippen molar-refractivity contribution in [3.63, 3.8) is 0 Å². The number of carbonyl (C=O) groups is 6. The van der Waals surface area contributed by atoms with E-state index in [1.54, 1.807) is 44.2 Å². The number of guanidine groups is 1. The molecule has 0 bridgehead atoms. The number of nitrogens with two attached hydrogens (primary N) is 2. The molecule has 2 aromatic carbocycles. The second-order valence-electron chi connectivity index (χ2n) is 11.1. The summed E-state index contributed by atoms with van der Waals surface area (Å²) in [6.45, 7) is 2.85. The molecule has 0 aliphatic rings. The van der Waals surface area contributed by atoms with Gasteiger partial charge < -0.3 is 43.2 Å². The topological polar surface area (TPSA) is 290 Å². The van der Waals surface area contributed by atoms with Crippen LogP contribution in [-0.4, -0.2) is 82.7 Å². The van der Waals surface area contributed by atoms with E-state index in [1.807, 2.05) is 0 Å². The Labute approximate surface area is 281 Å². The second kappa shape index (κ2) is 19.6. The first-order valence-corrected chi connectivity index (χ1v) is 15.2. The van der Waals surface area contributed by atoms with Crippen molar-refractivity contribution in [2.24, 2.45) is 22.4 Å². The lowest BCUT2D eigenvalue weighted by molar-refractivity contribution is -0.384. The maximum atomic E-state index is 13.2. The summed E-state index contributed by atoms with van der Waals surface area (Å²) in [6.07, 6.45) is -0.479. The van der Waals surface area contributed by atoms with Crippen LogP contribution in [0.2, 0.25) is 0 Å². The number of aliphatic imine (C=N–C) groups is 1. The fraction of sp³-hybridized carbons (Fsp3) is 0.387. The van der Waals surface area contributed by atoms with Crippen molar-refractivity contribution in [2.45, 2.75) is 57.7 Å². The van der Waals surface area contributed by atoms with E-state index < -0.39 is 77.4 Å². The largest absolute Gasteiger partial charge is 0.481 e. The Morgan fingerprint density at radius 1 is 0.857 bits per heavy atom. The Balaban J connectivity index is 2.09. The SMILES string of the molecule is CC(C)[C@H](NC(=O)c1ccccc1)C(=O)N[C@@H](CCC(=O)O)C(=O)NCC(=O)N[C@@H](CCCN=C(N)N)C(=O)Nc1ccc([N+](=O)[O-])cc1. The summed E-state index contributed by atoms with van der Waals surface area (Å²) >= 11 is 0. The second-order valence-corrected chi connectivity index (χ2v) is 11.1. The van der Waals surface area contributed by atoms with Gasteiger partial charge in [-0.05, 0) is 49.4 Å². The number of non-ortho nitro benzene ring substituents is 1. The Morgan fingerprint density at radius 2 is 1.49 bits per heavy atom. The minimum absolute atomic E-state index is 0.0673. The van der Waals surface area contributed by atoms with Crippen LogP contribution in [0.4, 0.5) is 11.4 Å². The van der Waals surface area contributed by atoms with Crippen LogP contribution in [0.25, 0.3) is 0 Å². The number of carboxylic acids is 1. The van der Waals surface area contributed by atoms with Crippen molar-refractivity contribution in [2.75, 3.05) is 18.4 Å². The lowest BCUT2D eigenvalue weighted by Crippen LogP contribution is -2.56. The van der Waals surface area contributed by atoms with Crippen LogP contribution in [0.1, 0.15) is 49.9 Å². The van der Waals surface area contributed by atoms with Crippen molar-refractivity contribution in [1.29, 1.82) is 0 Å². The number of nitrogens with zero attached hydrogens (tertiary/aromatic N) is 2. The van der Waals surface area contributed by atoms with Crippen LogP contribution in [-0.2, 0) is 24.0 Å². The van der Waals surface area contributed by atoms with E-state index in [0.717, 1.165) is 0 Å². The van der Waals surface area contributed by atoms with Gasteiger partial charge in [0.1, 0.15) is 18.1 Å². The van der Waals surface area contributed by atoms with Gasteiger partial charge in [0.2, 0.25) is 23.6 Å². The summed E-state index contributed by atoms with van der Waals surface area (Å²) in [4.78, 5) is 90.3. The lowest BCUT2D eigenvalue weighted by Gasteiger charge is -2.25. The molecule has 0 aliphatic carbocycles. The molecule has 10 N–H and O–H groups in total. The number of carbonyl (C=O) groups excluding carboxylic acids is 5. The molecule has 2 aromatic rings. The van der Waals surface area contributed by atoms with Crippen LogP contribution < -0.4 is 38.1 Å². The van der Waals surface area contributed by atoms with Crippen LogP contribution in [0.3, 0.4) is 0 Å². The van der Waals surface area contributed by atoms with E-state index in [-0.39, 0.29) is 43.1 Å². The predicted octanol–water partition coefficient (Wildman–Crippen LogP) is -0.00790. The van der Waals surface area contributed by atoms with Gasteiger partial charge in [0, 0.05) is 36.3 Å². The molecule has 0 saturated heterocycles. The fourth-order valence-corrected chi connectivity index (χ4v) is 4.35. The van der Waals surface area contributed by atoms with Crippen molar-refractivity contribution in [1.82, 2.24) is 21.3 Å². The first-order chi connectivity index (χ1) is 23.2. The highest BCUT2D eigenvalue weighted by Gasteiger charge is 2.30. The zero-order valence-electron chi connectivity index (χ0n) is 27.0.